The summed E-state index contributed by atoms with van der Waals surface area (Å²) >= 11 is 0. The van der Waals surface area contributed by atoms with Crippen LogP contribution in [-0.2, 0) is 6.42 Å². The second kappa shape index (κ2) is 5.72. The van der Waals surface area contributed by atoms with E-state index in [1.807, 2.05) is 0 Å². The van der Waals surface area contributed by atoms with Gasteiger partial charge in [-0.25, -0.2) is 0 Å². The molecule has 0 aromatic heterocycles. The molecular weight excluding hydrogens is 224 g/mol. The van der Waals surface area contributed by atoms with Crippen LogP contribution in [0.2, 0.25) is 0 Å². The number of benzene rings is 1. The fourth-order valence-corrected chi connectivity index (χ4v) is 2.73. The molecule has 2 rings (SSSR count). The average molecular weight is 248 g/mol. The van der Waals surface area contributed by atoms with Gasteiger partial charge in [-0.1, -0.05) is 13.0 Å². The Balaban J connectivity index is 2.26. The van der Waals surface area contributed by atoms with Crippen molar-refractivity contribution in [2.75, 3.05) is 27.2 Å². The lowest BCUT2D eigenvalue weighted by Crippen LogP contribution is -2.34. The molecule has 18 heavy (non-hydrogen) atoms. The Morgan fingerprint density at radius 2 is 2.28 bits per heavy atom. The molecule has 3 heteroatoms. The highest BCUT2D eigenvalue weighted by Gasteiger charge is 2.26. The number of likely N-dealkylation sites (N-methyl/N-ethyl adjacent to an activating group) is 1. The molecule has 0 radical (unpaired) electrons. The molecule has 100 valence electrons. The molecule has 0 saturated carbocycles. The van der Waals surface area contributed by atoms with Crippen molar-refractivity contribution in [2.24, 2.45) is 11.7 Å². The van der Waals surface area contributed by atoms with Crippen molar-refractivity contribution in [3.8, 4) is 5.75 Å². The maximum absolute atomic E-state index is 5.76. The number of ether oxygens (including phenoxy) is 1. The van der Waals surface area contributed by atoms with Crippen LogP contribution in [0.1, 0.15) is 30.5 Å². The second-order valence-corrected chi connectivity index (χ2v) is 5.39. The molecule has 1 aromatic carbocycles. The Hall–Kier alpha value is -1.06. The summed E-state index contributed by atoms with van der Waals surface area (Å²) in [5.41, 5.74) is 8.64. The van der Waals surface area contributed by atoms with Gasteiger partial charge in [0.25, 0.3) is 0 Å². The Morgan fingerprint density at radius 3 is 2.94 bits per heavy atom. The van der Waals surface area contributed by atoms with Crippen LogP contribution < -0.4 is 10.5 Å². The standard InChI is InChI=1S/C15H24N2O/c1-11(10-16)8-15-14-5-4-13(18-3)9-12(14)6-7-17(15)2/h4-5,9,11,15H,6-8,10,16H2,1-3H3. The fourth-order valence-electron chi connectivity index (χ4n) is 2.73. The van der Waals surface area contributed by atoms with E-state index in [9.17, 15) is 0 Å². The van der Waals surface area contributed by atoms with Crippen molar-refractivity contribution in [1.82, 2.24) is 4.90 Å². The van der Waals surface area contributed by atoms with E-state index in [1.165, 1.54) is 11.1 Å². The zero-order valence-corrected chi connectivity index (χ0v) is 11.6. The number of hydrogen-bond acceptors (Lipinski definition) is 3. The molecule has 1 aromatic rings. The summed E-state index contributed by atoms with van der Waals surface area (Å²) in [7, 11) is 3.94. The Kier molecular flexibility index (Phi) is 4.25. The highest BCUT2D eigenvalue weighted by atomic mass is 16.5. The highest BCUT2D eigenvalue weighted by Crippen LogP contribution is 2.34. The van der Waals surface area contributed by atoms with E-state index in [-0.39, 0.29) is 0 Å². The van der Waals surface area contributed by atoms with Gasteiger partial charge >= 0.3 is 0 Å². The van der Waals surface area contributed by atoms with Crippen LogP contribution in [0.3, 0.4) is 0 Å². The van der Waals surface area contributed by atoms with E-state index < -0.39 is 0 Å². The predicted molar refractivity (Wildman–Crippen MR) is 74.9 cm³/mol. The van der Waals surface area contributed by atoms with Gasteiger partial charge in [0, 0.05) is 12.6 Å². The summed E-state index contributed by atoms with van der Waals surface area (Å²) in [6.07, 6.45) is 2.24. The van der Waals surface area contributed by atoms with Gasteiger partial charge in [0.2, 0.25) is 0 Å². The van der Waals surface area contributed by atoms with Gasteiger partial charge in [-0.2, -0.15) is 0 Å². The Bertz CT molecular complexity index is 405. The molecule has 1 heterocycles. The van der Waals surface area contributed by atoms with E-state index >= 15 is 0 Å². The van der Waals surface area contributed by atoms with Crippen molar-refractivity contribution >= 4 is 0 Å². The number of rotatable bonds is 4. The maximum Gasteiger partial charge on any atom is 0.119 e. The van der Waals surface area contributed by atoms with Gasteiger partial charge in [-0.3, -0.25) is 4.90 Å². The first-order valence-corrected chi connectivity index (χ1v) is 6.72. The van der Waals surface area contributed by atoms with E-state index in [0.29, 0.717) is 12.0 Å². The van der Waals surface area contributed by atoms with Crippen LogP contribution in [0.4, 0.5) is 0 Å². The van der Waals surface area contributed by atoms with E-state index in [4.69, 9.17) is 10.5 Å². The SMILES string of the molecule is COc1ccc2c(c1)CCN(C)C2CC(C)CN. The number of nitrogens with two attached hydrogens (primary N) is 1. The quantitative estimate of drug-likeness (QED) is 0.888. The number of hydrogen-bond donors (Lipinski definition) is 1. The van der Waals surface area contributed by atoms with E-state index in [2.05, 4.69) is 37.1 Å². The fraction of sp³-hybridized carbons (Fsp3) is 0.600. The third-order valence-electron chi connectivity index (χ3n) is 4.00. The first kappa shape index (κ1) is 13.4. The monoisotopic (exact) mass is 248 g/mol. The number of methoxy groups -OCH3 is 1. The minimum absolute atomic E-state index is 0.498. The summed E-state index contributed by atoms with van der Waals surface area (Å²) < 4.78 is 5.31. The predicted octanol–water partition coefficient (Wildman–Crippen LogP) is 2.21. The molecule has 0 fully saturated rings. The number of fused-ring (bicyclic) bond motifs is 1. The molecule has 0 spiro atoms. The van der Waals surface area contributed by atoms with Crippen molar-refractivity contribution in [2.45, 2.75) is 25.8 Å². The Labute approximate surface area is 110 Å². The normalized spacial score (nSPS) is 21.4. The summed E-state index contributed by atoms with van der Waals surface area (Å²) in [4.78, 5) is 2.45. The summed E-state index contributed by atoms with van der Waals surface area (Å²) in [5, 5.41) is 0. The minimum Gasteiger partial charge on any atom is -0.497 e. The van der Waals surface area contributed by atoms with Crippen molar-refractivity contribution < 1.29 is 4.74 Å². The van der Waals surface area contributed by atoms with Gasteiger partial charge in [0.1, 0.15) is 5.75 Å². The zero-order chi connectivity index (χ0) is 13.1. The second-order valence-electron chi connectivity index (χ2n) is 5.39. The lowest BCUT2D eigenvalue weighted by molar-refractivity contribution is 0.200. The van der Waals surface area contributed by atoms with Crippen LogP contribution in [0.5, 0.6) is 5.75 Å². The van der Waals surface area contributed by atoms with Gasteiger partial charge in [0.05, 0.1) is 7.11 Å². The van der Waals surface area contributed by atoms with Crippen LogP contribution in [0.25, 0.3) is 0 Å². The first-order chi connectivity index (χ1) is 8.65. The van der Waals surface area contributed by atoms with E-state index in [1.54, 1.807) is 7.11 Å². The molecule has 3 nitrogen and oxygen atoms in total. The minimum atomic E-state index is 0.498. The van der Waals surface area contributed by atoms with Crippen LogP contribution in [0.15, 0.2) is 18.2 Å². The summed E-state index contributed by atoms with van der Waals surface area (Å²) in [5.74, 6) is 1.52. The first-order valence-electron chi connectivity index (χ1n) is 6.72. The third-order valence-corrected chi connectivity index (χ3v) is 4.00. The zero-order valence-electron chi connectivity index (χ0n) is 11.6. The van der Waals surface area contributed by atoms with Crippen molar-refractivity contribution in [3.63, 3.8) is 0 Å². The van der Waals surface area contributed by atoms with Gasteiger partial charge < -0.3 is 10.5 Å². The summed E-state index contributed by atoms with van der Waals surface area (Å²) in [6.45, 7) is 4.10. The van der Waals surface area contributed by atoms with Gasteiger partial charge in [0.15, 0.2) is 0 Å². The molecule has 1 aliphatic rings. The third kappa shape index (κ3) is 2.68. The molecule has 0 bridgehead atoms. The maximum atomic E-state index is 5.76. The molecule has 0 saturated heterocycles. The molecule has 2 atom stereocenters. The van der Waals surface area contributed by atoms with E-state index in [0.717, 1.165) is 31.7 Å². The molecule has 2 N–H and O–H groups in total. The number of nitrogens with zero attached hydrogens (tertiary/aromatic N) is 1. The van der Waals surface area contributed by atoms with Crippen LogP contribution in [-0.4, -0.2) is 32.1 Å². The van der Waals surface area contributed by atoms with Crippen molar-refractivity contribution in [3.05, 3.63) is 29.3 Å². The van der Waals surface area contributed by atoms with Gasteiger partial charge in [-0.15, -0.1) is 0 Å². The average Bonchev–Trinajstić information content (AvgIpc) is 2.41. The largest absolute Gasteiger partial charge is 0.497 e. The van der Waals surface area contributed by atoms with Gasteiger partial charge in [-0.05, 0) is 55.6 Å². The topological polar surface area (TPSA) is 38.5 Å². The smallest absolute Gasteiger partial charge is 0.119 e. The lowest BCUT2D eigenvalue weighted by atomic mass is 9.87. The summed E-state index contributed by atoms with van der Waals surface area (Å²) in [6, 6.07) is 6.97. The highest BCUT2D eigenvalue weighted by molar-refractivity contribution is 5.39. The molecular formula is C15H24N2O. The molecule has 0 amide bonds. The Morgan fingerprint density at radius 1 is 1.50 bits per heavy atom. The molecule has 0 aliphatic carbocycles. The van der Waals surface area contributed by atoms with Crippen LogP contribution in [0, 0.1) is 5.92 Å². The lowest BCUT2D eigenvalue weighted by Gasteiger charge is -2.36. The molecule has 2 unspecified atom stereocenters. The van der Waals surface area contributed by atoms with Crippen molar-refractivity contribution in [1.29, 1.82) is 0 Å². The molecule has 1 aliphatic heterocycles. The van der Waals surface area contributed by atoms with Crippen LogP contribution >= 0.6 is 0 Å².